The molecule has 0 amide bonds. The Kier molecular flexibility index (Phi) is 3.43. The topological polar surface area (TPSA) is 47.0 Å². The second-order valence-electron chi connectivity index (χ2n) is 2.62. The molecule has 12 heavy (non-hydrogen) atoms. The van der Waals surface area contributed by atoms with Crippen LogP contribution in [0.2, 0.25) is 0 Å². The molecule has 0 fully saturated rings. The molecule has 68 valence electrons. The maximum absolute atomic E-state index is 5.15. The predicted molar refractivity (Wildman–Crippen MR) is 49.5 cm³/mol. The molecule has 0 aliphatic carbocycles. The predicted octanol–water partition coefficient (Wildman–Crippen LogP) is 1.37. The zero-order valence-electron chi connectivity index (χ0n) is 7.44. The SMILES string of the molecule is COC(C)[C@@H](C)Nc1ncns1. The molecule has 4 nitrogen and oxygen atoms in total. The molecule has 1 unspecified atom stereocenters. The fourth-order valence-electron chi connectivity index (χ4n) is 0.753. The van der Waals surface area contributed by atoms with E-state index in [1.807, 2.05) is 6.92 Å². The van der Waals surface area contributed by atoms with Crippen molar-refractivity contribution in [3.8, 4) is 0 Å². The first kappa shape index (κ1) is 9.41. The van der Waals surface area contributed by atoms with Crippen LogP contribution in [0.4, 0.5) is 5.13 Å². The Labute approximate surface area is 76.1 Å². The van der Waals surface area contributed by atoms with Crippen molar-refractivity contribution < 1.29 is 4.74 Å². The van der Waals surface area contributed by atoms with Crippen molar-refractivity contribution in [3.63, 3.8) is 0 Å². The molecule has 1 rings (SSSR count). The van der Waals surface area contributed by atoms with Crippen LogP contribution < -0.4 is 5.32 Å². The summed E-state index contributed by atoms with van der Waals surface area (Å²) in [5.41, 5.74) is 0. The van der Waals surface area contributed by atoms with E-state index in [2.05, 4.69) is 21.6 Å². The molecule has 1 aromatic heterocycles. The van der Waals surface area contributed by atoms with E-state index in [1.54, 1.807) is 7.11 Å². The maximum Gasteiger partial charge on any atom is 0.202 e. The minimum atomic E-state index is 0.175. The van der Waals surface area contributed by atoms with Crippen LogP contribution in [-0.2, 0) is 4.74 Å². The summed E-state index contributed by atoms with van der Waals surface area (Å²) in [4.78, 5) is 4.01. The molecular formula is C7H13N3OS. The molecule has 1 N–H and O–H groups in total. The minimum absolute atomic E-state index is 0.175. The van der Waals surface area contributed by atoms with Gasteiger partial charge in [0.15, 0.2) is 0 Å². The van der Waals surface area contributed by atoms with E-state index in [0.717, 1.165) is 5.13 Å². The quantitative estimate of drug-likeness (QED) is 0.773. The van der Waals surface area contributed by atoms with Gasteiger partial charge in [-0.2, -0.15) is 4.37 Å². The summed E-state index contributed by atoms with van der Waals surface area (Å²) in [5, 5.41) is 4.03. The first-order chi connectivity index (χ1) is 5.74. The van der Waals surface area contributed by atoms with Gasteiger partial charge >= 0.3 is 0 Å². The van der Waals surface area contributed by atoms with Gasteiger partial charge in [0.1, 0.15) is 6.33 Å². The molecule has 0 bridgehead atoms. The number of ether oxygens (including phenoxy) is 1. The molecule has 0 saturated carbocycles. The normalized spacial score (nSPS) is 15.6. The van der Waals surface area contributed by atoms with Crippen LogP contribution in [0.15, 0.2) is 6.33 Å². The van der Waals surface area contributed by atoms with Gasteiger partial charge in [-0.1, -0.05) is 0 Å². The van der Waals surface area contributed by atoms with E-state index in [1.165, 1.54) is 17.9 Å². The summed E-state index contributed by atoms with van der Waals surface area (Å²) in [5.74, 6) is 0. The van der Waals surface area contributed by atoms with Crippen LogP contribution in [0.3, 0.4) is 0 Å². The highest BCUT2D eigenvalue weighted by Gasteiger charge is 2.11. The summed E-state index contributed by atoms with van der Waals surface area (Å²) in [6.07, 6.45) is 1.71. The van der Waals surface area contributed by atoms with Crippen LogP contribution in [0.5, 0.6) is 0 Å². The second kappa shape index (κ2) is 4.37. The number of hydrogen-bond donors (Lipinski definition) is 1. The van der Waals surface area contributed by atoms with Gasteiger partial charge in [0.05, 0.1) is 12.1 Å². The van der Waals surface area contributed by atoms with Crippen molar-refractivity contribution in [3.05, 3.63) is 6.33 Å². The summed E-state index contributed by atoms with van der Waals surface area (Å²) >= 11 is 1.35. The van der Waals surface area contributed by atoms with Crippen LogP contribution in [-0.4, -0.2) is 28.6 Å². The van der Waals surface area contributed by atoms with Gasteiger partial charge in [-0.15, -0.1) is 0 Å². The third kappa shape index (κ3) is 2.42. The Bertz CT molecular complexity index is 214. The molecule has 0 radical (unpaired) electrons. The summed E-state index contributed by atoms with van der Waals surface area (Å²) < 4.78 is 9.04. The van der Waals surface area contributed by atoms with Crippen molar-refractivity contribution in [2.24, 2.45) is 0 Å². The molecule has 0 aliphatic heterocycles. The standard InChI is InChI=1S/C7H13N3OS/c1-5(6(2)11-3)10-7-8-4-9-12-7/h4-6H,1-3H3,(H,8,9,10)/t5-,6?/m1/s1. The van der Waals surface area contributed by atoms with Crippen LogP contribution in [0.25, 0.3) is 0 Å². The first-order valence-corrected chi connectivity index (χ1v) is 4.57. The number of nitrogens with one attached hydrogen (secondary N) is 1. The Hall–Kier alpha value is -0.680. The van der Waals surface area contributed by atoms with Crippen LogP contribution in [0, 0.1) is 0 Å². The first-order valence-electron chi connectivity index (χ1n) is 3.80. The summed E-state index contributed by atoms with van der Waals surface area (Å²) in [6, 6.07) is 0.253. The number of hydrogen-bond acceptors (Lipinski definition) is 5. The van der Waals surface area contributed by atoms with E-state index in [-0.39, 0.29) is 12.1 Å². The lowest BCUT2D eigenvalue weighted by Gasteiger charge is -2.18. The largest absolute Gasteiger partial charge is 0.380 e. The van der Waals surface area contributed by atoms with E-state index in [9.17, 15) is 0 Å². The molecule has 0 saturated heterocycles. The minimum Gasteiger partial charge on any atom is -0.380 e. The molecule has 0 aliphatic rings. The second-order valence-corrected chi connectivity index (χ2v) is 3.40. The zero-order valence-corrected chi connectivity index (χ0v) is 8.26. The Balaban J connectivity index is 2.41. The van der Waals surface area contributed by atoms with E-state index in [4.69, 9.17) is 4.74 Å². The van der Waals surface area contributed by atoms with Gasteiger partial charge in [0.2, 0.25) is 5.13 Å². The third-order valence-electron chi connectivity index (χ3n) is 1.79. The fraction of sp³-hybridized carbons (Fsp3) is 0.714. The Morgan fingerprint density at radius 2 is 2.33 bits per heavy atom. The van der Waals surface area contributed by atoms with Gasteiger partial charge < -0.3 is 10.1 Å². The van der Waals surface area contributed by atoms with Crippen LogP contribution in [0.1, 0.15) is 13.8 Å². The summed E-state index contributed by atoms with van der Waals surface area (Å²) in [7, 11) is 1.70. The highest BCUT2D eigenvalue weighted by molar-refractivity contribution is 7.09. The number of rotatable bonds is 4. The molecule has 1 heterocycles. The lowest BCUT2D eigenvalue weighted by molar-refractivity contribution is 0.106. The van der Waals surface area contributed by atoms with Crippen molar-refractivity contribution in [1.29, 1.82) is 0 Å². The van der Waals surface area contributed by atoms with Gasteiger partial charge in [-0.25, -0.2) is 4.98 Å². The van der Waals surface area contributed by atoms with Crippen molar-refractivity contribution in [2.45, 2.75) is 26.0 Å². The average Bonchev–Trinajstić information content (AvgIpc) is 2.55. The van der Waals surface area contributed by atoms with E-state index < -0.39 is 0 Å². The molecule has 0 spiro atoms. The maximum atomic E-state index is 5.15. The molecule has 2 atom stereocenters. The number of methoxy groups -OCH3 is 1. The number of anilines is 1. The Morgan fingerprint density at radius 1 is 1.58 bits per heavy atom. The smallest absolute Gasteiger partial charge is 0.202 e. The van der Waals surface area contributed by atoms with Gasteiger partial charge in [0.25, 0.3) is 0 Å². The molecular weight excluding hydrogens is 174 g/mol. The third-order valence-corrected chi connectivity index (χ3v) is 2.38. The number of aromatic nitrogens is 2. The Morgan fingerprint density at radius 3 is 2.83 bits per heavy atom. The van der Waals surface area contributed by atoms with E-state index in [0.29, 0.717) is 0 Å². The van der Waals surface area contributed by atoms with E-state index >= 15 is 0 Å². The molecule has 1 aromatic rings. The lowest BCUT2D eigenvalue weighted by Crippen LogP contribution is -2.29. The van der Waals surface area contributed by atoms with Crippen molar-refractivity contribution >= 4 is 16.7 Å². The van der Waals surface area contributed by atoms with Crippen molar-refractivity contribution in [2.75, 3.05) is 12.4 Å². The van der Waals surface area contributed by atoms with Crippen molar-refractivity contribution in [1.82, 2.24) is 9.36 Å². The highest BCUT2D eigenvalue weighted by atomic mass is 32.1. The van der Waals surface area contributed by atoms with Gasteiger partial charge in [-0.3, -0.25) is 0 Å². The van der Waals surface area contributed by atoms with Gasteiger partial charge in [-0.05, 0) is 13.8 Å². The van der Waals surface area contributed by atoms with Crippen LogP contribution >= 0.6 is 11.5 Å². The summed E-state index contributed by atoms with van der Waals surface area (Å²) in [6.45, 7) is 4.06. The lowest BCUT2D eigenvalue weighted by atomic mass is 10.2. The fourth-order valence-corrected chi connectivity index (χ4v) is 1.28. The molecule has 0 aromatic carbocycles. The molecule has 5 heteroatoms. The average molecular weight is 187 g/mol. The monoisotopic (exact) mass is 187 g/mol. The number of nitrogens with zero attached hydrogens (tertiary/aromatic N) is 2. The highest BCUT2D eigenvalue weighted by Crippen LogP contribution is 2.10. The van der Waals surface area contributed by atoms with Gasteiger partial charge in [0, 0.05) is 18.6 Å². The zero-order chi connectivity index (χ0) is 8.97.